The van der Waals surface area contributed by atoms with Gasteiger partial charge in [-0.15, -0.1) is 0 Å². The van der Waals surface area contributed by atoms with Crippen molar-refractivity contribution in [3.8, 4) is 5.75 Å². The van der Waals surface area contributed by atoms with Crippen molar-refractivity contribution in [2.24, 2.45) is 0 Å². The molecule has 9 heteroatoms. The second kappa shape index (κ2) is 6.87. The molecule has 0 saturated carbocycles. The Morgan fingerprint density at radius 3 is 2.55 bits per heavy atom. The van der Waals surface area contributed by atoms with Crippen LogP contribution in [0.2, 0.25) is 0 Å². The van der Waals surface area contributed by atoms with Crippen LogP contribution in [-0.2, 0) is 9.05 Å². The lowest BCUT2D eigenvalue weighted by atomic mass is 10.3. The van der Waals surface area contributed by atoms with Crippen LogP contribution in [0.1, 0.15) is 6.42 Å². The van der Waals surface area contributed by atoms with Crippen LogP contribution in [-0.4, -0.2) is 45.5 Å². The van der Waals surface area contributed by atoms with Crippen molar-refractivity contribution >= 4 is 25.4 Å². The van der Waals surface area contributed by atoms with Crippen LogP contribution in [0.15, 0.2) is 23.1 Å². The molecular weight excluding hydrogens is 308 g/mol. The first kappa shape index (κ1) is 16.7. The number of benzene rings is 1. The fourth-order valence-electron chi connectivity index (χ4n) is 1.48. The number of non-ortho nitro benzene ring substituents is 1. The monoisotopic (exact) mass is 322 g/mol. The lowest BCUT2D eigenvalue weighted by molar-refractivity contribution is -0.385. The SMILES string of the molecule is CN(C)CCCOc1ccc([N+](=O)[O-])cc1S(=O)(=O)Cl. The van der Waals surface area contributed by atoms with Gasteiger partial charge >= 0.3 is 0 Å². The fourth-order valence-corrected chi connectivity index (χ4v) is 2.47. The smallest absolute Gasteiger partial charge is 0.271 e. The Bertz CT molecular complexity index is 588. The summed E-state index contributed by atoms with van der Waals surface area (Å²) in [6, 6.07) is 3.31. The molecule has 1 aromatic carbocycles. The summed E-state index contributed by atoms with van der Waals surface area (Å²) in [5.74, 6) is 0.0179. The van der Waals surface area contributed by atoms with Crippen molar-refractivity contribution in [3.05, 3.63) is 28.3 Å². The van der Waals surface area contributed by atoms with E-state index >= 15 is 0 Å². The van der Waals surface area contributed by atoms with Gasteiger partial charge in [0.15, 0.2) is 0 Å². The number of ether oxygens (including phenoxy) is 1. The van der Waals surface area contributed by atoms with Gasteiger partial charge in [0.1, 0.15) is 10.6 Å². The summed E-state index contributed by atoms with van der Waals surface area (Å²) < 4.78 is 28.2. The van der Waals surface area contributed by atoms with Crippen molar-refractivity contribution in [1.29, 1.82) is 0 Å². The third kappa shape index (κ3) is 4.95. The Morgan fingerprint density at radius 1 is 1.40 bits per heavy atom. The molecule has 0 saturated heterocycles. The van der Waals surface area contributed by atoms with Crippen LogP contribution < -0.4 is 4.74 Å². The minimum atomic E-state index is -4.11. The maximum absolute atomic E-state index is 11.4. The van der Waals surface area contributed by atoms with Crippen LogP contribution in [0.25, 0.3) is 0 Å². The highest BCUT2D eigenvalue weighted by molar-refractivity contribution is 8.13. The van der Waals surface area contributed by atoms with Crippen molar-refractivity contribution in [1.82, 2.24) is 4.90 Å². The van der Waals surface area contributed by atoms with Gasteiger partial charge in [0.25, 0.3) is 14.7 Å². The lowest BCUT2D eigenvalue weighted by Crippen LogP contribution is -2.15. The number of hydrogen-bond acceptors (Lipinski definition) is 6. The summed E-state index contributed by atoms with van der Waals surface area (Å²) in [6.45, 7) is 1.06. The maximum atomic E-state index is 11.4. The molecule has 7 nitrogen and oxygen atoms in total. The second-order valence-electron chi connectivity index (χ2n) is 4.33. The van der Waals surface area contributed by atoms with E-state index in [-0.39, 0.29) is 18.0 Å². The van der Waals surface area contributed by atoms with E-state index in [2.05, 4.69) is 0 Å². The minimum absolute atomic E-state index is 0.0179. The highest BCUT2D eigenvalue weighted by Gasteiger charge is 2.21. The van der Waals surface area contributed by atoms with Crippen molar-refractivity contribution in [2.45, 2.75) is 11.3 Å². The first-order chi connectivity index (χ1) is 9.21. The van der Waals surface area contributed by atoms with E-state index in [9.17, 15) is 18.5 Å². The Hall–Kier alpha value is -1.38. The average molecular weight is 323 g/mol. The van der Waals surface area contributed by atoms with Crippen LogP contribution in [0.5, 0.6) is 5.75 Å². The molecule has 1 rings (SSSR count). The van der Waals surface area contributed by atoms with Crippen molar-refractivity contribution in [3.63, 3.8) is 0 Å². The van der Waals surface area contributed by atoms with E-state index < -0.39 is 18.9 Å². The molecule has 0 radical (unpaired) electrons. The van der Waals surface area contributed by atoms with Gasteiger partial charge in [0.05, 0.1) is 11.5 Å². The molecule has 0 fully saturated rings. The summed E-state index contributed by atoms with van der Waals surface area (Å²) in [7, 11) is 4.96. The van der Waals surface area contributed by atoms with E-state index in [1.54, 1.807) is 0 Å². The molecule has 20 heavy (non-hydrogen) atoms. The molecule has 112 valence electrons. The molecule has 0 atom stereocenters. The van der Waals surface area contributed by atoms with Gasteiger partial charge in [-0.05, 0) is 26.6 Å². The normalized spacial score (nSPS) is 11.6. The number of nitro groups is 1. The highest BCUT2D eigenvalue weighted by Crippen LogP contribution is 2.30. The molecule has 0 spiro atoms. The van der Waals surface area contributed by atoms with Gasteiger partial charge in [0, 0.05) is 29.4 Å². The molecule has 0 aliphatic heterocycles. The zero-order valence-corrected chi connectivity index (χ0v) is 12.6. The Morgan fingerprint density at radius 2 is 2.05 bits per heavy atom. The molecular formula is C11H15ClN2O5S. The first-order valence-electron chi connectivity index (χ1n) is 5.72. The number of hydrogen-bond donors (Lipinski definition) is 0. The van der Waals surface area contributed by atoms with Gasteiger partial charge in [-0.2, -0.15) is 0 Å². The Kier molecular flexibility index (Phi) is 5.73. The third-order valence-corrected chi connectivity index (χ3v) is 3.75. The number of nitro benzene ring substituents is 1. The van der Waals surface area contributed by atoms with Crippen LogP contribution >= 0.6 is 10.7 Å². The number of nitrogens with zero attached hydrogens (tertiary/aromatic N) is 2. The van der Waals surface area contributed by atoms with Crippen LogP contribution in [0.3, 0.4) is 0 Å². The van der Waals surface area contributed by atoms with Gasteiger partial charge in [-0.1, -0.05) is 0 Å². The molecule has 0 aliphatic carbocycles. The first-order valence-corrected chi connectivity index (χ1v) is 8.03. The highest BCUT2D eigenvalue weighted by atomic mass is 35.7. The molecule has 0 aromatic heterocycles. The van der Waals surface area contributed by atoms with E-state index in [4.69, 9.17) is 15.4 Å². The van der Waals surface area contributed by atoms with Crippen molar-refractivity contribution in [2.75, 3.05) is 27.2 Å². The number of rotatable bonds is 7. The molecule has 0 heterocycles. The maximum Gasteiger partial charge on any atom is 0.271 e. The standard InChI is InChI=1S/C11H15ClN2O5S/c1-13(2)6-3-7-19-10-5-4-9(14(15)16)8-11(10)20(12,17)18/h4-5,8H,3,6-7H2,1-2H3. The van der Waals surface area contributed by atoms with E-state index in [1.807, 2.05) is 19.0 Å². The predicted molar refractivity (Wildman–Crippen MR) is 74.8 cm³/mol. The summed E-state index contributed by atoms with van der Waals surface area (Å²) in [5.41, 5.74) is -0.357. The minimum Gasteiger partial charge on any atom is -0.492 e. The van der Waals surface area contributed by atoms with E-state index in [0.29, 0.717) is 6.42 Å². The van der Waals surface area contributed by atoms with Gasteiger partial charge in [-0.25, -0.2) is 8.42 Å². The average Bonchev–Trinajstić information content (AvgIpc) is 2.33. The van der Waals surface area contributed by atoms with E-state index in [1.165, 1.54) is 12.1 Å². The summed E-state index contributed by atoms with van der Waals surface area (Å²) in [5, 5.41) is 10.6. The second-order valence-corrected chi connectivity index (χ2v) is 6.87. The summed E-state index contributed by atoms with van der Waals surface area (Å²) >= 11 is 0. The molecule has 0 N–H and O–H groups in total. The molecule has 0 bridgehead atoms. The number of halogens is 1. The Labute approximate surface area is 121 Å². The summed E-state index contributed by atoms with van der Waals surface area (Å²) in [4.78, 5) is 11.5. The van der Waals surface area contributed by atoms with Gasteiger partial charge in [-0.3, -0.25) is 10.1 Å². The van der Waals surface area contributed by atoms with Crippen LogP contribution in [0.4, 0.5) is 5.69 Å². The Balaban J connectivity index is 2.93. The quantitative estimate of drug-likeness (QED) is 0.329. The molecule has 0 amide bonds. The van der Waals surface area contributed by atoms with Crippen molar-refractivity contribution < 1.29 is 18.1 Å². The third-order valence-electron chi connectivity index (χ3n) is 2.41. The topological polar surface area (TPSA) is 89.8 Å². The molecule has 0 unspecified atom stereocenters. The van der Waals surface area contributed by atoms with Crippen LogP contribution in [0, 0.1) is 10.1 Å². The largest absolute Gasteiger partial charge is 0.492 e. The fraction of sp³-hybridized carbons (Fsp3) is 0.455. The predicted octanol–water partition coefficient (Wildman–Crippen LogP) is 1.85. The van der Waals surface area contributed by atoms with Gasteiger partial charge < -0.3 is 9.64 Å². The van der Waals surface area contributed by atoms with Gasteiger partial charge in [0.2, 0.25) is 0 Å². The molecule has 1 aromatic rings. The van der Waals surface area contributed by atoms with E-state index in [0.717, 1.165) is 12.6 Å². The zero-order valence-electron chi connectivity index (χ0n) is 11.1. The molecule has 0 aliphatic rings. The zero-order chi connectivity index (χ0) is 15.3. The summed E-state index contributed by atoms with van der Waals surface area (Å²) in [6.07, 6.45) is 0.686. The lowest BCUT2D eigenvalue weighted by Gasteiger charge is -2.12.